The molecule has 3 atom stereocenters. The molecule has 0 saturated heterocycles. The third-order valence-corrected chi connectivity index (χ3v) is 4.18. The van der Waals surface area contributed by atoms with E-state index in [1.165, 1.54) is 0 Å². The Morgan fingerprint density at radius 3 is 2.45 bits per heavy atom. The topological polar surface area (TPSA) is 47.9 Å². The van der Waals surface area contributed by atoms with Crippen molar-refractivity contribution in [1.29, 1.82) is 0 Å². The summed E-state index contributed by atoms with van der Waals surface area (Å²) in [5, 5.41) is 10.0. The molecule has 1 saturated carbocycles. The van der Waals surface area contributed by atoms with Crippen LogP contribution in [0.1, 0.15) is 46.5 Å². The Kier molecular flexibility index (Phi) is 8.03. The fourth-order valence-corrected chi connectivity index (χ4v) is 2.74. The molecule has 20 heavy (non-hydrogen) atoms. The van der Waals surface area contributed by atoms with Crippen LogP contribution in [0.2, 0.25) is 0 Å². The average Bonchev–Trinajstić information content (AvgIpc) is 2.38. The zero-order valence-corrected chi connectivity index (χ0v) is 13.6. The van der Waals surface area contributed by atoms with Crippen molar-refractivity contribution >= 4 is 0 Å². The van der Waals surface area contributed by atoms with Crippen molar-refractivity contribution in [1.82, 2.24) is 0 Å². The maximum Gasteiger partial charge on any atom is 0.0837 e. The molecule has 0 heterocycles. The minimum absolute atomic E-state index is 0.0319. The lowest BCUT2D eigenvalue weighted by Crippen LogP contribution is -2.40. The molecule has 0 aromatic heterocycles. The molecule has 0 aromatic rings. The molecule has 4 heteroatoms. The van der Waals surface area contributed by atoms with Crippen molar-refractivity contribution in [3.63, 3.8) is 0 Å². The van der Waals surface area contributed by atoms with E-state index in [0.29, 0.717) is 31.2 Å². The predicted octanol–water partition coefficient (Wildman–Crippen LogP) is 2.63. The summed E-state index contributed by atoms with van der Waals surface area (Å²) in [5.41, 5.74) is 0.290. The highest BCUT2D eigenvalue weighted by atomic mass is 16.5. The highest BCUT2D eigenvalue weighted by Crippen LogP contribution is 2.38. The van der Waals surface area contributed by atoms with Crippen molar-refractivity contribution in [2.45, 2.75) is 58.7 Å². The van der Waals surface area contributed by atoms with Crippen LogP contribution in [-0.2, 0) is 14.2 Å². The Labute approximate surface area is 123 Å². The SMILES string of the molecule is COCCCOCCOC1CC(C(C)(C)C)CCC1O. The first kappa shape index (κ1) is 17.9. The summed E-state index contributed by atoms with van der Waals surface area (Å²) in [6, 6.07) is 0. The van der Waals surface area contributed by atoms with Gasteiger partial charge >= 0.3 is 0 Å². The maximum absolute atomic E-state index is 10.0. The normalized spacial score (nSPS) is 27.8. The average molecular weight is 288 g/mol. The highest BCUT2D eigenvalue weighted by molar-refractivity contribution is 4.86. The fourth-order valence-electron chi connectivity index (χ4n) is 2.74. The first-order chi connectivity index (χ1) is 9.45. The molecule has 1 fully saturated rings. The van der Waals surface area contributed by atoms with Crippen LogP contribution >= 0.6 is 0 Å². The lowest BCUT2D eigenvalue weighted by Gasteiger charge is -2.39. The number of ether oxygens (including phenoxy) is 3. The van der Waals surface area contributed by atoms with E-state index in [4.69, 9.17) is 14.2 Å². The molecule has 1 N–H and O–H groups in total. The second-order valence-corrected chi connectivity index (χ2v) is 6.81. The van der Waals surface area contributed by atoms with Gasteiger partial charge in [-0.05, 0) is 37.0 Å². The van der Waals surface area contributed by atoms with Crippen molar-refractivity contribution in [3.8, 4) is 0 Å². The third-order valence-electron chi connectivity index (χ3n) is 4.18. The maximum atomic E-state index is 10.0. The zero-order valence-electron chi connectivity index (χ0n) is 13.6. The molecule has 0 aliphatic heterocycles. The number of aliphatic hydroxyl groups excluding tert-OH is 1. The largest absolute Gasteiger partial charge is 0.390 e. The van der Waals surface area contributed by atoms with Gasteiger partial charge in [-0.3, -0.25) is 0 Å². The van der Waals surface area contributed by atoms with E-state index in [-0.39, 0.29) is 12.2 Å². The standard InChI is InChI=1S/C16H32O4/c1-16(2,3)13-6-7-14(17)15(12-13)20-11-10-19-9-5-8-18-4/h13-15,17H,5-12H2,1-4H3. The molecule has 4 nitrogen and oxygen atoms in total. The number of rotatable bonds is 8. The molecular formula is C16H32O4. The molecule has 1 aliphatic rings. The molecule has 0 radical (unpaired) electrons. The van der Waals surface area contributed by atoms with Gasteiger partial charge in [-0.15, -0.1) is 0 Å². The smallest absolute Gasteiger partial charge is 0.0837 e. The molecule has 1 rings (SSSR count). The van der Waals surface area contributed by atoms with Gasteiger partial charge in [0, 0.05) is 20.3 Å². The summed E-state index contributed by atoms with van der Waals surface area (Å²) in [7, 11) is 1.69. The molecule has 3 unspecified atom stereocenters. The van der Waals surface area contributed by atoms with Gasteiger partial charge in [0.15, 0.2) is 0 Å². The Balaban J connectivity index is 2.17. The monoisotopic (exact) mass is 288 g/mol. The summed E-state index contributed by atoms with van der Waals surface area (Å²) in [4.78, 5) is 0. The summed E-state index contributed by atoms with van der Waals surface area (Å²) < 4.78 is 16.2. The van der Waals surface area contributed by atoms with Gasteiger partial charge in [-0.2, -0.15) is 0 Å². The number of methoxy groups -OCH3 is 1. The predicted molar refractivity (Wildman–Crippen MR) is 79.9 cm³/mol. The van der Waals surface area contributed by atoms with Crippen molar-refractivity contribution in [2.75, 3.05) is 33.5 Å². The van der Waals surface area contributed by atoms with Gasteiger partial charge in [0.2, 0.25) is 0 Å². The molecule has 120 valence electrons. The Morgan fingerprint density at radius 1 is 1.05 bits per heavy atom. The van der Waals surface area contributed by atoms with Gasteiger partial charge in [-0.1, -0.05) is 20.8 Å². The summed E-state index contributed by atoms with van der Waals surface area (Å²) in [6.45, 7) is 9.39. The van der Waals surface area contributed by atoms with Crippen LogP contribution < -0.4 is 0 Å². The first-order valence-electron chi connectivity index (χ1n) is 7.81. The first-order valence-corrected chi connectivity index (χ1v) is 7.81. The van der Waals surface area contributed by atoms with Crippen LogP contribution in [0.15, 0.2) is 0 Å². The highest BCUT2D eigenvalue weighted by Gasteiger charge is 2.35. The van der Waals surface area contributed by atoms with Crippen LogP contribution in [0.25, 0.3) is 0 Å². The lowest BCUT2D eigenvalue weighted by molar-refractivity contribution is -0.0950. The summed E-state index contributed by atoms with van der Waals surface area (Å²) in [5.74, 6) is 0.624. The fraction of sp³-hybridized carbons (Fsp3) is 1.00. The van der Waals surface area contributed by atoms with Crippen molar-refractivity contribution in [2.24, 2.45) is 11.3 Å². The van der Waals surface area contributed by atoms with Crippen molar-refractivity contribution in [3.05, 3.63) is 0 Å². The summed E-state index contributed by atoms with van der Waals surface area (Å²) >= 11 is 0. The molecule has 0 bridgehead atoms. The van der Waals surface area contributed by atoms with E-state index >= 15 is 0 Å². The summed E-state index contributed by atoms with van der Waals surface area (Å²) in [6.07, 6.45) is 3.46. The van der Waals surface area contributed by atoms with Crippen LogP contribution in [0.5, 0.6) is 0 Å². The minimum atomic E-state index is -0.318. The second-order valence-electron chi connectivity index (χ2n) is 6.81. The van der Waals surface area contributed by atoms with Gasteiger partial charge < -0.3 is 19.3 Å². The van der Waals surface area contributed by atoms with Gasteiger partial charge in [0.25, 0.3) is 0 Å². The van der Waals surface area contributed by atoms with E-state index < -0.39 is 0 Å². The van der Waals surface area contributed by atoms with Crippen molar-refractivity contribution < 1.29 is 19.3 Å². The number of hydrogen-bond acceptors (Lipinski definition) is 4. The molecule has 1 aliphatic carbocycles. The van der Waals surface area contributed by atoms with Gasteiger partial charge in [-0.25, -0.2) is 0 Å². The third kappa shape index (κ3) is 6.53. The lowest BCUT2D eigenvalue weighted by atomic mass is 9.71. The van der Waals surface area contributed by atoms with Crippen LogP contribution in [-0.4, -0.2) is 50.9 Å². The van der Waals surface area contributed by atoms with Gasteiger partial charge in [0.1, 0.15) is 0 Å². The Hall–Kier alpha value is -0.160. The van der Waals surface area contributed by atoms with Crippen LogP contribution in [0.3, 0.4) is 0 Å². The van der Waals surface area contributed by atoms with E-state index in [2.05, 4.69) is 20.8 Å². The van der Waals surface area contributed by atoms with Gasteiger partial charge in [0.05, 0.1) is 25.4 Å². The molecule has 0 spiro atoms. The molecule has 0 aromatic carbocycles. The Morgan fingerprint density at radius 2 is 1.80 bits per heavy atom. The number of hydrogen-bond donors (Lipinski definition) is 1. The molecule has 0 amide bonds. The van der Waals surface area contributed by atoms with E-state index in [1.807, 2.05) is 0 Å². The minimum Gasteiger partial charge on any atom is -0.390 e. The van der Waals surface area contributed by atoms with Crippen LogP contribution in [0, 0.1) is 11.3 Å². The quantitative estimate of drug-likeness (QED) is 0.698. The van der Waals surface area contributed by atoms with E-state index in [1.54, 1.807) is 7.11 Å². The van der Waals surface area contributed by atoms with E-state index in [0.717, 1.165) is 32.3 Å². The Bertz CT molecular complexity index is 249. The van der Waals surface area contributed by atoms with E-state index in [9.17, 15) is 5.11 Å². The zero-order chi connectivity index (χ0) is 15.0. The number of aliphatic hydroxyl groups is 1. The second kappa shape index (κ2) is 8.98. The molecular weight excluding hydrogens is 256 g/mol. The van der Waals surface area contributed by atoms with Crippen LogP contribution in [0.4, 0.5) is 0 Å².